The van der Waals surface area contributed by atoms with Crippen molar-refractivity contribution in [2.45, 2.75) is 79.1 Å². The second-order valence-electron chi connectivity index (χ2n) is 10.6. The lowest BCUT2D eigenvalue weighted by Gasteiger charge is -2.32. The molecule has 0 spiro atoms. The lowest BCUT2D eigenvalue weighted by atomic mass is 9.84. The van der Waals surface area contributed by atoms with Crippen LogP contribution in [0.15, 0.2) is 30.3 Å². The second-order valence-corrected chi connectivity index (χ2v) is 10.6. The smallest absolute Gasteiger partial charge is 0.207 e. The van der Waals surface area contributed by atoms with Crippen molar-refractivity contribution in [3.05, 3.63) is 64.0 Å². The third kappa shape index (κ3) is 8.31. The van der Waals surface area contributed by atoms with Gasteiger partial charge in [0.25, 0.3) is 0 Å². The minimum Gasteiger partial charge on any atom is -0.359 e. The molecule has 0 saturated carbocycles. The highest BCUT2D eigenvalue weighted by molar-refractivity contribution is 5.84. The van der Waals surface area contributed by atoms with Crippen LogP contribution >= 0.6 is 0 Å². The number of nitrogens with zero attached hydrogens (tertiary/aromatic N) is 2. The molecule has 35 heavy (non-hydrogen) atoms. The summed E-state index contributed by atoms with van der Waals surface area (Å²) in [5, 5.41) is 2.75. The van der Waals surface area contributed by atoms with Gasteiger partial charge in [-0.15, -0.1) is 0 Å². The van der Waals surface area contributed by atoms with Crippen LogP contribution in [0.5, 0.6) is 0 Å². The van der Waals surface area contributed by atoms with Gasteiger partial charge in [-0.2, -0.15) is 0 Å². The van der Waals surface area contributed by atoms with Crippen LogP contribution in [0, 0.1) is 26.7 Å². The number of likely N-dealkylation sites (tertiary alicyclic amines) is 1. The molecule has 4 heteroatoms. The number of rotatable bonds is 12. The van der Waals surface area contributed by atoms with Crippen LogP contribution in [0.4, 0.5) is 0 Å². The third-order valence-electron chi connectivity index (χ3n) is 7.31. The summed E-state index contributed by atoms with van der Waals surface area (Å²) in [6.07, 6.45) is 10.5. The van der Waals surface area contributed by atoms with E-state index in [1.54, 1.807) is 0 Å². The van der Waals surface area contributed by atoms with Crippen molar-refractivity contribution in [3.63, 3.8) is 0 Å². The third-order valence-corrected chi connectivity index (χ3v) is 7.31. The zero-order valence-electron chi connectivity index (χ0n) is 22.6. The number of amides is 1. The van der Waals surface area contributed by atoms with Gasteiger partial charge in [0, 0.05) is 17.9 Å². The van der Waals surface area contributed by atoms with E-state index < -0.39 is 0 Å². The quantitative estimate of drug-likeness (QED) is 0.275. The van der Waals surface area contributed by atoms with Crippen molar-refractivity contribution in [2.24, 2.45) is 5.92 Å². The second kappa shape index (κ2) is 13.6. The van der Waals surface area contributed by atoms with Gasteiger partial charge >= 0.3 is 0 Å². The van der Waals surface area contributed by atoms with E-state index in [4.69, 9.17) is 0 Å². The summed E-state index contributed by atoms with van der Waals surface area (Å²) in [5.74, 6) is 1.10. The maximum absolute atomic E-state index is 10.3. The molecule has 1 aromatic heterocycles. The Morgan fingerprint density at radius 3 is 2.37 bits per heavy atom. The van der Waals surface area contributed by atoms with Crippen LogP contribution < -0.4 is 5.32 Å². The molecule has 1 aliphatic rings. The van der Waals surface area contributed by atoms with Gasteiger partial charge in [-0.1, -0.05) is 51.0 Å². The molecule has 1 saturated heterocycles. The monoisotopic (exact) mass is 475 g/mol. The lowest BCUT2D eigenvalue weighted by Crippen LogP contribution is -2.33. The molecule has 2 heterocycles. The van der Waals surface area contributed by atoms with Crippen LogP contribution in [-0.4, -0.2) is 42.5 Å². The first kappa shape index (κ1) is 27.1. The fourth-order valence-corrected chi connectivity index (χ4v) is 5.35. The predicted octanol–water partition coefficient (Wildman–Crippen LogP) is 6.69. The first-order chi connectivity index (χ1) is 16.9. The van der Waals surface area contributed by atoms with E-state index in [1.165, 1.54) is 79.6 Å². The minimum atomic E-state index is 0.453. The van der Waals surface area contributed by atoms with E-state index in [9.17, 15) is 4.79 Å². The van der Waals surface area contributed by atoms with Gasteiger partial charge in [-0.05, 0) is 118 Å². The molecule has 4 nitrogen and oxygen atoms in total. The molecule has 1 aromatic carbocycles. The van der Waals surface area contributed by atoms with Crippen LogP contribution in [-0.2, 0) is 4.79 Å². The van der Waals surface area contributed by atoms with E-state index in [1.807, 2.05) is 0 Å². The largest absolute Gasteiger partial charge is 0.359 e. The number of nitrogens with one attached hydrogen (secondary N) is 1. The SMILES string of the molecule is Cc1cc(/C=C(/c2cc(C3CCN(CCCCCCNC=O)CC3)ccc2C)C(C)C)cc(C)n1. The Hall–Kier alpha value is -2.46. The van der Waals surface area contributed by atoms with E-state index in [2.05, 4.69) is 86.2 Å². The number of hydrogen-bond acceptors (Lipinski definition) is 3. The van der Waals surface area contributed by atoms with Crippen molar-refractivity contribution < 1.29 is 4.79 Å². The van der Waals surface area contributed by atoms with Gasteiger partial charge in [-0.25, -0.2) is 0 Å². The molecule has 0 aliphatic carbocycles. The number of aromatic nitrogens is 1. The van der Waals surface area contributed by atoms with E-state index >= 15 is 0 Å². The Bertz CT molecular complexity index is 966. The van der Waals surface area contributed by atoms with Crippen LogP contribution in [0.25, 0.3) is 11.6 Å². The number of piperidine rings is 1. The number of benzene rings is 1. The van der Waals surface area contributed by atoms with E-state index in [0.717, 1.165) is 30.8 Å². The number of carbonyl (C=O) groups excluding carboxylic acids is 1. The molecular formula is C31H45N3O. The van der Waals surface area contributed by atoms with E-state index in [0.29, 0.717) is 11.8 Å². The fraction of sp³-hybridized carbons (Fsp3) is 0.548. The highest BCUT2D eigenvalue weighted by atomic mass is 16.1. The molecule has 2 aromatic rings. The van der Waals surface area contributed by atoms with Crippen molar-refractivity contribution in [3.8, 4) is 0 Å². The minimum absolute atomic E-state index is 0.453. The topological polar surface area (TPSA) is 45.2 Å². The molecule has 1 aliphatic heterocycles. The summed E-state index contributed by atoms with van der Waals surface area (Å²) in [6, 6.07) is 11.6. The lowest BCUT2D eigenvalue weighted by molar-refractivity contribution is -0.109. The first-order valence-electron chi connectivity index (χ1n) is 13.5. The number of aryl methyl sites for hydroxylation is 3. The summed E-state index contributed by atoms with van der Waals surface area (Å²) in [5.41, 5.74) is 9.07. The fourth-order valence-electron chi connectivity index (χ4n) is 5.35. The Balaban J connectivity index is 1.63. The molecule has 3 rings (SSSR count). The number of allylic oxidation sites excluding steroid dienone is 1. The number of unbranched alkanes of at least 4 members (excludes halogenated alkanes) is 3. The molecule has 190 valence electrons. The first-order valence-corrected chi connectivity index (χ1v) is 13.5. The average molecular weight is 476 g/mol. The highest BCUT2D eigenvalue weighted by Crippen LogP contribution is 2.34. The predicted molar refractivity (Wildman–Crippen MR) is 149 cm³/mol. The Morgan fingerprint density at radius 1 is 1.03 bits per heavy atom. The van der Waals surface area contributed by atoms with Gasteiger partial charge in [-0.3, -0.25) is 9.78 Å². The van der Waals surface area contributed by atoms with Crippen molar-refractivity contribution in [1.29, 1.82) is 0 Å². The van der Waals surface area contributed by atoms with Gasteiger partial charge < -0.3 is 10.2 Å². The summed E-state index contributed by atoms with van der Waals surface area (Å²) >= 11 is 0. The van der Waals surface area contributed by atoms with Gasteiger partial charge in [0.05, 0.1) is 0 Å². The summed E-state index contributed by atoms with van der Waals surface area (Å²) < 4.78 is 0. The van der Waals surface area contributed by atoms with Gasteiger partial charge in [0.1, 0.15) is 0 Å². The maximum atomic E-state index is 10.3. The normalized spacial score (nSPS) is 15.5. The average Bonchev–Trinajstić information content (AvgIpc) is 2.82. The Kier molecular flexibility index (Phi) is 10.5. The maximum Gasteiger partial charge on any atom is 0.207 e. The molecule has 1 fully saturated rings. The van der Waals surface area contributed by atoms with Crippen LogP contribution in [0.1, 0.15) is 91.9 Å². The Morgan fingerprint density at radius 2 is 1.71 bits per heavy atom. The molecule has 0 bridgehead atoms. The number of carbonyl (C=O) groups is 1. The molecule has 1 N–H and O–H groups in total. The van der Waals surface area contributed by atoms with E-state index in [-0.39, 0.29) is 0 Å². The van der Waals surface area contributed by atoms with Crippen molar-refractivity contribution in [2.75, 3.05) is 26.2 Å². The standard InChI is InChI=1S/C31H45N3O/c1-23(2)30(20-27-18-25(4)33-26(5)19-27)31-21-29(11-10-24(31)3)28-12-16-34(17-13-28)15-9-7-6-8-14-32-22-35/h10-11,18-23,28H,6-9,12-17H2,1-5H3,(H,32,35)/b30-20+. The summed E-state index contributed by atoms with van der Waals surface area (Å²) in [6.45, 7) is 15.4. The summed E-state index contributed by atoms with van der Waals surface area (Å²) in [4.78, 5) is 17.5. The number of hydrogen-bond donors (Lipinski definition) is 1. The Labute approximate surface area is 213 Å². The molecule has 0 atom stereocenters. The molecule has 1 amide bonds. The van der Waals surface area contributed by atoms with Crippen molar-refractivity contribution in [1.82, 2.24) is 15.2 Å². The highest BCUT2D eigenvalue weighted by Gasteiger charge is 2.21. The molecule has 0 radical (unpaired) electrons. The van der Waals surface area contributed by atoms with Gasteiger partial charge in [0.2, 0.25) is 6.41 Å². The van der Waals surface area contributed by atoms with Crippen molar-refractivity contribution >= 4 is 18.1 Å². The zero-order valence-corrected chi connectivity index (χ0v) is 22.6. The molecule has 0 unspecified atom stereocenters. The van der Waals surface area contributed by atoms with Gasteiger partial charge in [0.15, 0.2) is 0 Å². The summed E-state index contributed by atoms with van der Waals surface area (Å²) in [7, 11) is 0. The number of pyridine rings is 1. The van der Waals surface area contributed by atoms with Crippen LogP contribution in [0.3, 0.4) is 0 Å². The zero-order chi connectivity index (χ0) is 25.2. The molecular weight excluding hydrogens is 430 g/mol. The van der Waals surface area contributed by atoms with Crippen LogP contribution in [0.2, 0.25) is 0 Å².